The topological polar surface area (TPSA) is 307 Å². The maximum Gasteiger partial charge on any atom is 0.269 e. The number of carbonyl (C=O) groups is 8. The standard InChI is InChI=1S/C28H32ClFN6O4.C23H22ClFN8O4.C6H12/c1-17(2)35(15-23(37)32-14-19-7-6-8-21(29)25(19)30)24(38)16-36-22-10-9-18(13-20(22)26(33-36)27(31)39)28(40)34-11-4-3-5-12-34;1-12(2)32(10-18(34)28-9-14-4-3-5-16(24)20(14)25)19(35)11-33-17-7-6-13(23(37)29-31-27)8-15(17)21(30-33)22(26)36;1-2-4-6-5-3-1/h6-10,13,17H,3-5,11-12,14-16H2,1-2H3,(H2,31,39)(H,32,37);3-8,12H,9-11H2,1-2H3,(H2,26,36)(H,28,34);1-6H2. The first-order valence-electron chi connectivity index (χ1n) is 27.1. The number of benzene rings is 4. The summed E-state index contributed by atoms with van der Waals surface area (Å²) in [4.78, 5) is 108. The number of fused-ring (bicyclic) bond motifs is 2. The summed E-state index contributed by atoms with van der Waals surface area (Å²) < 4.78 is 30.8. The molecule has 0 radical (unpaired) electrons. The molecule has 4 aromatic carbocycles. The molecular weight excluding hydrogens is 1120 g/mol. The number of azide groups is 1. The molecule has 2 aromatic heterocycles. The maximum atomic E-state index is 14.2. The van der Waals surface area contributed by atoms with E-state index < -0.39 is 53.0 Å². The SMILES string of the molecule is C1CCCCC1.CC(C)N(CC(=O)NCc1cccc(Cl)c1F)C(=O)Cn1nc(C(N)=O)c2cc(C(=O)N3CCCCC3)ccc21.CC(C)N(CC(=O)NCc1cccc(Cl)c1F)C(=O)Cn1nc(C(N)=O)c2cc(C(=O)N=[N+]=[N-])ccc21. The summed E-state index contributed by atoms with van der Waals surface area (Å²) >= 11 is 11.6. The number of likely N-dealkylation sites (tertiary alicyclic amines) is 1. The second-order valence-corrected chi connectivity index (χ2v) is 21.2. The molecule has 26 heteroatoms. The van der Waals surface area contributed by atoms with Crippen LogP contribution in [-0.4, -0.2) is 120 Å². The Hall–Kier alpha value is -8.47. The van der Waals surface area contributed by atoms with E-state index in [4.69, 9.17) is 40.2 Å². The van der Waals surface area contributed by atoms with Gasteiger partial charge >= 0.3 is 0 Å². The highest BCUT2D eigenvalue weighted by Gasteiger charge is 2.27. The molecule has 440 valence electrons. The highest BCUT2D eigenvalue weighted by atomic mass is 35.5. The molecule has 2 aliphatic rings. The summed E-state index contributed by atoms with van der Waals surface area (Å²) in [6.07, 6.45) is 12.0. The van der Waals surface area contributed by atoms with Gasteiger partial charge in [0.2, 0.25) is 29.5 Å². The van der Waals surface area contributed by atoms with Crippen molar-refractivity contribution in [2.75, 3.05) is 26.2 Å². The molecule has 8 rings (SSSR count). The van der Waals surface area contributed by atoms with Gasteiger partial charge in [0.05, 0.1) is 34.2 Å². The predicted molar refractivity (Wildman–Crippen MR) is 308 cm³/mol. The Labute approximate surface area is 487 Å². The van der Waals surface area contributed by atoms with Crippen LogP contribution in [0.25, 0.3) is 32.2 Å². The quantitative estimate of drug-likeness (QED) is 0.0362. The summed E-state index contributed by atoms with van der Waals surface area (Å²) in [6.45, 7) is 6.91. The van der Waals surface area contributed by atoms with Crippen molar-refractivity contribution in [3.63, 3.8) is 0 Å². The molecule has 8 amide bonds. The number of carbonyl (C=O) groups excluding carboxylic acids is 8. The predicted octanol–water partition coefficient (Wildman–Crippen LogP) is 8.38. The minimum Gasteiger partial charge on any atom is -0.364 e. The molecule has 0 bridgehead atoms. The zero-order chi connectivity index (χ0) is 60.5. The van der Waals surface area contributed by atoms with Crippen molar-refractivity contribution < 1.29 is 47.1 Å². The number of amides is 8. The lowest BCUT2D eigenvalue weighted by molar-refractivity contribution is -0.138. The molecule has 1 aliphatic heterocycles. The van der Waals surface area contributed by atoms with E-state index in [1.807, 2.05) is 0 Å². The third-order valence-corrected chi connectivity index (χ3v) is 14.4. The molecule has 2 fully saturated rings. The third kappa shape index (κ3) is 17.1. The third-order valence-electron chi connectivity index (χ3n) is 13.8. The molecule has 83 heavy (non-hydrogen) atoms. The van der Waals surface area contributed by atoms with Crippen LogP contribution >= 0.6 is 23.2 Å². The number of primary amides is 2. The molecular formula is C57H66Cl2F2N14O8. The number of halogens is 4. The van der Waals surface area contributed by atoms with Crippen molar-refractivity contribution >= 4 is 92.3 Å². The zero-order valence-corrected chi connectivity index (χ0v) is 48.0. The first-order chi connectivity index (χ1) is 39.6. The minimum absolute atomic E-state index is 0.00953. The Morgan fingerprint density at radius 3 is 1.42 bits per heavy atom. The Bertz CT molecular complexity index is 3430. The van der Waals surface area contributed by atoms with Gasteiger partial charge in [0, 0.05) is 76.2 Å². The molecule has 1 saturated heterocycles. The Morgan fingerprint density at radius 1 is 0.627 bits per heavy atom. The van der Waals surface area contributed by atoms with E-state index in [9.17, 15) is 47.1 Å². The smallest absolute Gasteiger partial charge is 0.269 e. The number of nitrogens with zero attached hydrogens (tertiary/aromatic N) is 10. The van der Waals surface area contributed by atoms with Crippen molar-refractivity contribution in [3.8, 4) is 0 Å². The molecule has 1 saturated carbocycles. The molecule has 6 aromatic rings. The van der Waals surface area contributed by atoms with Crippen molar-refractivity contribution in [1.82, 2.24) is 44.9 Å². The zero-order valence-electron chi connectivity index (χ0n) is 46.5. The minimum atomic E-state index is -0.891. The van der Waals surface area contributed by atoms with Crippen LogP contribution in [0.2, 0.25) is 10.0 Å². The average Bonchev–Trinajstić information content (AvgIpc) is 3.27. The van der Waals surface area contributed by atoms with E-state index in [0.29, 0.717) is 35.1 Å². The molecule has 3 heterocycles. The first-order valence-corrected chi connectivity index (χ1v) is 27.8. The van der Waals surface area contributed by atoms with Gasteiger partial charge in [-0.1, -0.05) is 86.0 Å². The fourth-order valence-corrected chi connectivity index (χ4v) is 9.79. The lowest BCUT2D eigenvalue weighted by atomic mass is 10.0. The van der Waals surface area contributed by atoms with Gasteiger partial charge in [-0.3, -0.25) is 47.7 Å². The lowest BCUT2D eigenvalue weighted by Gasteiger charge is -2.27. The molecule has 1 aliphatic carbocycles. The number of rotatable bonds is 18. The van der Waals surface area contributed by atoms with Crippen LogP contribution < -0.4 is 22.1 Å². The monoisotopic (exact) mass is 1180 g/mol. The number of nitrogens with one attached hydrogen (secondary N) is 2. The fourth-order valence-electron chi connectivity index (χ4n) is 9.40. The molecule has 0 unspecified atom stereocenters. The lowest BCUT2D eigenvalue weighted by Crippen LogP contribution is -2.45. The average molecular weight is 1180 g/mol. The summed E-state index contributed by atoms with van der Waals surface area (Å²) in [7, 11) is 0. The molecule has 6 N–H and O–H groups in total. The van der Waals surface area contributed by atoms with E-state index in [0.717, 1.165) is 19.3 Å². The largest absolute Gasteiger partial charge is 0.364 e. The second kappa shape index (κ2) is 30.0. The van der Waals surface area contributed by atoms with E-state index in [1.165, 1.54) is 100 Å². The number of aromatic nitrogens is 4. The fraction of sp³-hybridized carbons (Fsp3) is 0.404. The van der Waals surface area contributed by atoms with Crippen LogP contribution in [0.1, 0.15) is 138 Å². The normalized spacial score (nSPS) is 13.0. The van der Waals surface area contributed by atoms with Gasteiger partial charge in [-0.15, -0.1) is 0 Å². The highest BCUT2D eigenvalue weighted by Crippen LogP contribution is 2.25. The number of hydrogen-bond acceptors (Lipinski definition) is 10. The van der Waals surface area contributed by atoms with Gasteiger partial charge in [0.15, 0.2) is 11.4 Å². The summed E-state index contributed by atoms with van der Waals surface area (Å²) in [5.41, 5.74) is 20.9. The van der Waals surface area contributed by atoms with Gasteiger partial charge in [-0.05, 0) is 106 Å². The van der Waals surface area contributed by atoms with Crippen LogP contribution in [0.4, 0.5) is 8.78 Å². The van der Waals surface area contributed by atoms with Crippen LogP contribution in [0.5, 0.6) is 0 Å². The van der Waals surface area contributed by atoms with Gasteiger partial charge in [-0.2, -0.15) is 10.2 Å². The number of hydrogen-bond donors (Lipinski definition) is 4. The molecule has 0 spiro atoms. The maximum absolute atomic E-state index is 14.2. The van der Waals surface area contributed by atoms with E-state index in [1.54, 1.807) is 62.9 Å². The van der Waals surface area contributed by atoms with E-state index >= 15 is 0 Å². The van der Waals surface area contributed by atoms with E-state index in [-0.39, 0.29) is 101 Å². The van der Waals surface area contributed by atoms with Crippen LogP contribution in [-0.2, 0) is 45.4 Å². The molecule has 22 nitrogen and oxygen atoms in total. The molecule has 0 atom stereocenters. The first kappa shape index (κ1) is 63.7. The van der Waals surface area contributed by atoms with E-state index in [2.05, 4.69) is 30.9 Å². The second-order valence-electron chi connectivity index (χ2n) is 20.4. The summed E-state index contributed by atoms with van der Waals surface area (Å²) in [6, 6.07) is 17.2. The highest BCUT2D eigenvalue weighted by molar-refractivity contribution is 6.31. The van der Waals surface area contributed by atoms with Crippen LogP contribution in [0.3, 0.4) is 0 Å². The van der Waals surface area contributed by atoms with Crippen molar-refractivity contribution in [1.29, 1.82) is 0 Å². The Morgan fingerprint density at radius 2 is 1.02 bits per heavy atom. The van der Waals surface area contributed by atoms with Gasteiger partial charge in [0.1, 0.15) is 24.7 Å². The number of nitrogens with two attached hydrogens (primary N) is 2. The van der Waals surface area contributed by atoms with Crippen LogP contribution in [0.15, 0.2) is 77.9 Å². The number of piperidine rings is 1. The summed E-state index contributed by atoms with van der Waals surface area (Å²) in [5, 5.41) is 17.0. The Kier molecular flexibility index (Phi) is 23.0. The summed E-state index contributed by atoms with van der Waals surface area (Å²) in [5.74, 6) is -5.84. The van der Waals surface area contributed by atoms with Crippen LogP contribution in [0, 0.1) is 11.6 Å². The van der Waals surface area contributed by atoms with Gasteiger partial charge in [0.25, 0.3) is 17.7 Å². The van der Waals surface area contributed by atoms with Gasteiger partial charge in [-0.25, -0.2) is 8.78 Å². The van der Waals surface area contributed by atoms with Crippen molar-refractivity contribution in [3.05, 3.63) is 139 Å². The van der Waals surface area contributed by atoms with Crippen molar-refractivity contribution in [2.45, 2.75) is 124 Å². The van der Waals surface area contributed by atoms with Crippen molar-refractivity contribution in [2.24, 2.45) is 16.6 Å². The Balaban J connectivity index is 0.000000242. The van der Waals surface area contributed by atoms with Gasteiger partial charge < -0.3 is 36.8 Å².